The normalized spacial score (nSPS) is 18.1. The monoisotopic (exact) mass is 259 g/mol. The average molecular weight is 259 g/mol. The van der Waals surface area contributed by atoms with Crippen molar-refractivity contribution in [3.05, 3.63) is 0 Å². The minimum atomic E-state index is -0.387. The van der Waals surface area contributed by atoms with Crippen LogP contribution in [0.2, 0.25) is 0 Å². The van der Waals surface area contributed by atoms with Crippen LogP contribution in [0, 0.1) is 0 Å². The van der Waals surface area contributed by atoms with Gasteiger partial charge in [-0.15, -0.1) is 0 Å². The fourth-order valence-corrected chi connectivity index (χ4v) is 2.44. The van der Waals surface area contributed by atoms with Gasteiger partial charge in [-0.2, -0.15) is 11.8 Å². The molecule has 17 heavy (non-hydrogen) atoms. The van der Waals surface area contributed by atoms with E-state index in [2.05, 4.69) is 21.8 Å². The second-order valence-corrected chi connectivity index (χ2v) is 5.88. The molecule has 0 bridgehead atoms. The van der Waals surface area contributed by atoms with Crippen LogP contribution in [0.3, 0.4) is 0 Å². The van der Waals surface area contributed by atoms with Crippen molar-refractivity contribution < 1.29 is 4.79 Å². The number of nitrogens with zero attached hydrogens (tertiary/aromatic N) is 1. The summed E-state index contributed by atoms with van der Waals surface area (Å²) >= 11 is 1.82. The van der Waals surface area contributed by atoms with Crippen molar-refractivity contribution in [1.29, 1.82) is 0 Å². The van der Waals surface area contributed by atoms with Gasteiger partial charge >= 0.3 is 0 Å². The Hall–Kier alpha value is -0.260. The van der Waals surface area contributed by atoms with Gasteiger partial charge < -0.3 is 10.6 Å². The van der Waals surface area contributed by atoms with E-state index in [0.29, 0.717) is 0 Å². The number of carbonyl (C=O) groups is 1. The summed E-state index contributed by atoms with van der Waals surface area (Å²) in [6, 6.07) is 0. The third-order valence-electron chi connectivity index (χ3n) is 3.27. The molecule has 0 spiro atoms. The third kappa shape index (κ3) is 4.48. The second kappa shape index (κ2) is 7.24. The van der Waals surface area contributed by atoms with Gasteiger partial charge in [0.15, 0.2) is 0 Å². The summed E-state index contributed by atoms with van der Waals surface area (Å²) in [5, 5.41) is 6.35. The largest absolute Gasteiger partial charge is 0.354 e. The molecule has 0 aromatic carbocycles. The quantitative estimate of drug-likeness (QED) is 0.684. The molecule has 1 aliphatic heterocycles. The van der Waals surface area contributed by atoms with Gasteiger partial charge in [0.2, 0.25) is 5.91 Å². The highest BCUT2D eigenvalue weighted by molar-refractivity contribution is 7.98. The van der Waals surface area contributed by atoms with Crippen LogP contribution in [0.25, 0.3) is 0 Å². The van der Waals surface area contributed by atoms with E-state index in [-0.39, 0.29) is 11.4 Å². The predicted molar refractivity (Wildman–Crippen MR) is 74.5 cm³/mol. The summed E-state index contributed by atoms with van der Waals surface area (Å²) in [5.74, 6) is 1.26. The zero-order valence-corrected chi connectivity index (χ0v) is 12.0. The number of piperazine rings is 1. The van der Waals surface area contributed by atoms with Crippen LogP contribution in [0.1, 0.15) is 20.3 Å². The van der Waals surface area contributed by atoms with Gasteiger partial charge in [0, 0.05) is 32.7 Å². The molecule has 0 aromatic rings. The molecule has 2 N–H and O–H groups in total. The zero-order valence-electron chi connectivity index (χ0n) is 11.2. The van der Waals surface area contributed by atoms with Crippen molar-refractivity contribution in [3.63, 3.8) is 0 Å². The van der Waals surface area contributed by atoms with E-state index < -0.39 is 0 Å². The number of hydrogen-bond acceptors (Lipinski definition) is 4. The minimum Gasteiger partial charge on any atom is -0.354 e. The van der Waals surface area contributed by atoms with Crippen LogP contribution in [0.5, 0.6) is 0 Å². The van der Waals surface area contributed by atoms with Crippen LogP contribution in [0.4, 0.5) is 0 Å². The maximum Gasteiger partial charge on any atom is 0.239 e. The molecule has 0 radical (unpaired) electrons. The number of rotatable bonds is 6. The van der Waals surface area contributed by atoms with Gasteiger partial charge in [-0.1, -0.05) is 0 Å². The Labute approximate surface area is 109 Å². The summed E-state index contributed by atoms with van der Waals surface area (Å²) in [4.78, 5) is 14.4. The molecular weight excluding hydrogens is 234 g/mol. The van der Waals surface area contributed by atoms with Crippen LogP contribution in [-0.2, 0) is 4.79 Å². The first-order valence-electron chi connectivity index (χ1n) is 6.32. The van der Waals surface area contributed by atoms with E-state index in [1.165, 1.54) is 0 Å². The minimum absolute atomic E-state index is 0.153. The number of hydrogen-bond donors (Lipinski definition) is 2. The molecular formula is C12H25N3OS. The number of nitrogens with one attached hydrogen (secondary N) is 2. The molecule has 1 aliphatic rings. The lowest BCUT2D eigenvalue weighted by Crippen LogP contribution is -2.60. The van der Waals surface area contributed by atoms with Gasteiger partial charge in [0.25, 0.3) is 0 Å². The van der Waals surface area contributed by atoms with E-state index >= 15 is 0 Å². The molecule has 0 aromatic heterocycles. The fourth-order valence-electron chi connectivity index (χ4n) is 2.00. The highest BCUT2D eigenvalue weighted by Gasteiger charge is 2.34. The molecule has 0 saturated carbocycles. The van der Waals surface area contributed by atoms with Gasteiger partial charge in [-0.25, -0.2) is 0 Å². The average Bonchev–Trinajstić information content (AvgIpc) is 2.35. The molecule has 1 fully saturated rings. The van der Waals surface area contributed by atoms with Crippen molar-refractivity contribution in [2.45, 2.75) is 25.8 Å². The molecule has 1 heterocycles. The molecule has 100 valence electrons. The maximum absolute atomic E-state index is 12.1. The molecule has 1 saturated heterocycles. The van der Waals surface area contributed by atoms with Crippen molar-refractivity contribution in [3.8, 4) is 0 Å². The molecule has 0 atom stereocenters. The summed E-state index contributed by atoms with van der Waals surface area (Å²) in [6.45, 7) is 8.67. The van der Waals surface area contributed by atoms with E-state index in [0.717, 1.165) is 44.9 Å². The topological polar surface area (TPSA) is 44.4 Å². The van der Waals surface area contributed by atoms with Crippen molar-refractivity contribution >= 4 is 17.7 Å². The number of thioether (sulfide) groups is 1. The maximum atomic E-state index is 12.1. The summed E-state index contributed by atoms with van der Waals surface area (Å²) in [5.41, 5.74) is -0.387. The first kappa shape index (κ1) is 14.8. The fraction of sp³-hybridized carbons (Fsp3) is 0.917. The first-order valence-corrected chi connectivity index (χ1v) is 7.71. The molecule has 1 amide bonds. The summed E-state index contributed by atoms with van der Waals surface area (Å²) < 4.78 is 0. The van der Waals surface area contributed by atoms with Crippen molar-refractivity contribution in [1.82, 2.24) is 15.5 Å². The Morgan fingerprint density at radius 3 is 2.65 bits per heavy atom. The molecule has 0 aliphatic carbocycles. The van der Waals surface area contributed by atoms with E-state index in [4.69, 9.17) is 0 Å². The smallest absolute Gasteiger partial charge is 0.239 e. The van der Waals surface area contributed by atoms with Gasteiger partial charge in [-0.05, 0) is 32.3 Å². The van der Waals surface area contributed by atoms with E-state index in [9.17, 15) is 4.79 Å². The SMILES string of the molecule is CSCCCNC(=O)C(C)(C)N1CCNCC1. The predicted octanol–water partition coefficient (Wildman–Crippen LogP) is 0.540. The number of amides is 1. The zero-order chi connectivity index (χ0) is 12.7. The van der Waals surface area contributed by atoms with Gasteiger partial charge in [0.1, 0.15) is 0 Å². The molecule has 4 nitrogen and oxygen atoms in total. The van der Waals surface area contributed by atoms with E-state index in [1.807, 2.05) is 25.6 Å². The Balaban J connectivity index is 2.36. The van der Waals surface area contributed by atoms with Crippen molar-refractivity contribution in [2.75, 3.05) is 44.7 Å². The molecule has 1 rings (SSSR count). The third-order valence-corrected chi connectivity index (χ3v) is 3.97. The highest BCUT2D eigenvalue weighted by atomic mass is 32.2. The first-order chi connectivity index (χ1) is 8.09. The highest BCUT2D eigenvalue weighted by Crippen LogP contribution is 2.15. The lowest BCUT2D eigenvalue weighted by atomic mass is 10.0. The van der Waals surface area contributed by atoms with Gasteiger partial charge in [0.05, 0.1) is 5.54 Å². The van der Waals surface area contributed by atoms with Crippen molar-refractivity contribution in [2.24, 2.45) is 0 Å². The molecule has 0 unspecified atom stereocenters. The van der Waals surface area contributed by atoms with Crippen LogP contribution < -0.4 is 10.6 Å². The Morgan fingerprint density at radius 1 is 1.41 bits per heavy atom. The van der Waals surface area contributed by atoms with Crippen LogP contribution >= 0.6 is 11.8 Å². The Bertz CT molecular complexity index is 240. The standard InChI is InChI=1S/C12H25N3OS/c1-12(2,15-8-6-13-7-9-15)11(16)14-5-4-10-17-3/h13H,4-10H2,1-3H3,(H,14,16). The number of carbonyl (C=O) groups excluding carboxylic acids is 1. The van der Waals surface area contributed by atoms with Crippen LogP contribution in [0.15, 0.2) is 0 Å². The lowest BCUT2D eigenvalue weighted by Gasteiger charge is -2.39. The Morgan fingerprint density at radius 2 is 2.06 bits per heavy atom. The lowest BCUT2D eigenvalue weighted by molar-refractivity contribution is -0.132. The summed E-state index contributed by atoms with van der Waals surface area (Å²) in [7, 11) is 0. The molecule has 5 heteroatoms. The van der Waals surface area contributed by atoms with Crippen LogP contribution in [-0.4, -0.2) is 61.1 Å². The second-order valence-electron chi connectivity index (χ2n) is 4.90. The summed E-state index contributed by atoms with van der Waals surface area (Å²) in [6.07, 6.45) is 3.14. The van der Waals surface area contributed by atoms with Gasteiger partial charge in [-0.3, -0.25) is 9.69 Å². The van der Waals surface area contributed by atoms with E-state index in [1.54, 1.807) is 0 Å². The Kier molecular flexibility index (Phi) is 6.30.